The Morgan fingerprint density at radius 2 is 1.55 bits per heavy atom. The van der Waals surface area contributed by atoms with Gasteiger partial charge in [-0.05, 0) is 58.9 Å². The van der Waals surface area contributed by atoms with Gasteiger partial charge < -0.3 is 9.50 Å². The van der Waals surface area contributed by atoms with Crippen LogP contribution >= 0.6 is 11.8 Å². The van der Waals surface area contributed by atoms with Gasteiger partial charge in [0.05, 0.1) is 4.91 Å². The van der Waals surface area contributed by atoms with Crippen LogP contribution in [0.1, 0.15) is 5.56 Å². The van der Waals surface area contributed by atoms with Gasteiger partial charge in [0.2, 0.25) is 5.91 Å². The number of anilines is 1. The third kappa shape index (κ3) is 5.46. The van der Waals surface area contributed by atoms with Crippen LogP contribution in [0.4, 0.5) is 10.5 Å². The summed E-state index contributed by atoms with van der Waals surface area (Å²) in [7, 11) is -4.19. The maximum atomic E-state index is 13.1. The second-order valence-electron chi connectivity index (χ2n) is 8.27. The van der Waals surface area contributed by atoms with Crippen LogP contribution in [0.2, 0.25) is 0 Å². The van der Waals surface area contributed by atoms with Crippen LogP contribution < -0.4 is 9.50 Å². The van der Waals surface area contributed by atoms with Crippen LogP contribution in [0.15, 0.2) is 107 Å². The van der Waals surface area contributed by atoms with Gasteiger partial charge in [-0.15, -0.1) is 0 Å². The molecular weight excluding hydrogens is 524 g/mol. The maximum absolute atomic E-state index is 13.1. The summed E-state index contributed by atoms with van der Waals surface area (Å²) in [5.41, 5.74) is 0.829. The van der Waals surface area contributed by atoms with Crippen molar-refractivity contribution in [2.75, 3.05) is 11.9 Å². The molecule has 4 aromatic carbocycles. The molecule has 8 nitrogen and oxygen atoms in total. The van der Waals surface area contributed by atoms with Gasteiger partial charge in [0, 0.05) is 11.3 Å². The molecule has 0 spiro atoms. The fourth-order valence-electron chi connectivity index (χ4n) is 3.81. The van der Waals surface area contributed by atoms with Crippen LogP contribution in [0, 0.1) is 0 Å². The molecule has 0 aliphatic carbocycles. The van der Waals surface area contributed by atoms with E-state index in [-0.39, 0.29) is 21.1 Å². The van der Waals surface area contributed by atoms with Crippen molar-refractivity contribution in [1.82, 2.24) is 4.90 Å². The molecule has 0 bridgehead atoms. The fourth-order valence-corrected chi connectivity index (χ4v) is 5.63. The van der Waals surface area contributed by atoms with Crippen molar-refractivity contribution in [3.63, 3.8) is 0 Å². The second kappa shape index (κ2) is 10.5. The highest BCUT2D eigenvalue weighted by atomic mass is 32.2. The van der Waals surface area contributed by atoms with Crippen LogP contribution in [0.5, 0.6) is 5.75 Å². The number of nitrogens with zero attached hydrogens (tertiary/aromatic N) is 1. The van der Waals surface area contributed by atoms with Crippen molar-refractivity contribution >= 4 is 61.5 Å². The highest BCUT2D eigenvalue weighted by molar-refractivity contribution is 8.18. The lowest BCUT2D eigenvalue weighted by Gasteiger charge is -2.12. The third-order valence-electron chi connectivity index (χ3n) is 5.65. The van der Waals surface area contributed by atoms with Crippen molar-refractivity contribution in [3.8, 4) is 5.75 Å². The zero-order valence-corrected chi connectivity index (χ0v) is 21.4. The number of hydrogen-bond acceptors (Lipinski definition) is 7. The van der Waals surface area contributed by atoms with Crippen LogP contribution in [0.25, 0.3) is 16.8 Å². The highest BCUT2D eigenvalue weighted by Gasteiger charge is 2.36. The van der Waals surface area contributed by atoms with Crippen molar-refractivity contribution in [2.24, 2.45) is 0 Å². The number of imide groups is 1. The zero-order valence-electron chi connectivity index (χ0n) is 19.7. The number of carbonyl (C=O) groups is 3. The fraction of sp³-hybridized carbons (Fsp3) is 0.0357. The number of hydrogen-bond donors (Lipinski definition) is 1. The Kier molecular flexibility index (Phi) is 6.99. The Hall–Kier alpha value is -4.41. The molecule has 5 rings (SSSR count). The zero-order chi connectivity index (χ0) is 26.7. The molecule has 38 heavy (non-hydrogen) atoms. The molecule has 0 saturated carbocycles. The molecule has 1 heterocycles. The number of carbonyl (C=O) groups excluding carboxylic acids is 3. The average Bonchev–Trinajstić information content (AvgIpc) is 3.17. The summed E-state index contributed by atoms with van der Waals surface area (Å²) >= 11 is 0.663. The molecular formula is C28H20N2O6S2. The maximum Gasteiger partial charge on any atom is 0.339 e. The van der Waals surface area contributed by atoms with E-state index in [1.807, 2.05) is 18.2 Å². The van der Waals surface area contributed by atoms with E-state index < -0.39 is 33.7 Å². The number of benzene rings is 4. The molecule has 0 unspecified atom stereocenters. The molecule has 1 saturated heterocycles. The number of fused-ring (bicyclic) bond motifs is 1. The molecule has 1 aliphatic heterocycles. The highest BCUT2D eigenvalue weighted by Crippen LogP contribution is 2.34. The first-order valence-electron chi connectivity index (χ1n) is 11.4. The Labute approximate surface area is 223 Å². The van der Waals surface area contributed by atoms with Crippen molar-refractivity contribution < 1.29 is 27.0 Å². The minimum atomic E-state index is -4.19. The van der Waals surface area contributed by atoms with E-state index in [9.17, 15) is 22.8 Å². The van der Waals surface area contributed by atoms with Gasteiger partial charge in [-0.2, -0.15) is 8.42 Å². The smallest absolute Gasteiger partial charge is 0.339 e. The first kappa shape index (κ1) is 25.2. The lowest BCUT2D eigenvalue weighted by atomic mass is 10.1. The number of rotatable bonds is 7. The van der Waals surface area contributed by atoms with E-state index >= 15 is 0 Å². The van der Waals surface area contributed by atoms with Gasteiger partial charge in [0.1, 0.15) is 17.2 Å². The predicted octanol–water partition coefficient (Wildman–Crippen LogP) is 5.28. The average molecular weight is 545 g/mol. The van der Waals surface area contributed by atoms with E-state index in [0.717, 1.165) is 15.7 Å². The number of thioether (sulfide) groups is 1. The summed E-state index contributed by atoms with van der Waals surface area (Å²) in [4.78, 5) is 38.7. The first-order chi connectivity index (χ1) is 18.3. The van der Waals surface area contributed by atoms with E-state index in [4.69, 9.17) is 4.18 Å². The van der Waals surface area contributed by atoms with Crippen LogP contribution in [-0.4, -0.2) is 36.9 Å². The minimum Gasteiger partial charge on any atom is -0.378 e. The monoisotopic (exact) mass is 544 g/mol. The third-order valence-corrected chi connectivity index (χ3v) is 7.79. The van der Waals surface area contributed by atoms with Gasteiger partial charge in [-0.1, -0.05) is 66.7 Å². The lowest BCUT2D eigenvalue weighted by molar-refractivity contribution is -0.127. The summed E-state index contributed by atoms with van der Waals surface area (Å²) in [5.74, 6) is -1.19. The van der Waals surface area contributed by atoms with E-state index in [0.29, 0.717) is 17.4 Å². The predicted molar refractivity (Wildman–Crippen MR) is 146 cm³/mol. The Morgan fingerprint density at radius 3 is 2.34 bits per heavy atom. The molecule has 1 fully saturated rings. The topological polar surface area (TPSA) is 110 Å². The van der Waals surface area contributed by atoms with Gasteiger partial charge in [-0.3, -0.25) is 19.3 Å². The van der Waals surface area contributed by atoms with Crippen LogP contribution in [0.3, 0.4) is 0 Å². The molecule has 0 atom stereocenters. The van der Waals surface area contributed by atoms with Gasteiger partial charge in [0.25, 0.3) is 11.1 Å². The molecule has 0 radical (unpaired) electrons. The quantitative estimate of drug-likeness (QED) is 0.249. The Balaban J connectivity index is 1.35. The normalized spacial score (nSPS) is 14.7. The van der Waals surface area contributed by atoms with Crippen LogP contribution in [-0.2, 0) is 19.7 Å². The van der Waals surface area contributed by atoms with E-state index in [1.54, 1.807) is 60.7 Å². The largest absolute Gasteiger partial charge is 0.378 e. The molecule has 3 amide bonds. The number of para-hydroxylation sites is 2. The van der Waals surface area contributed by atoms with E-state index in [2.05, 4.69) is 5.32 Å². The Morgan fingerprint density at radius 1 is 0.868 bits per heavy atom. The Bertz CT molecular complexity index is 1700. The summed E-state index contributed by atoms with van der Waals surface area (Å²) in [6.07, 6.45) is 1.38. The SMILES string of the molecule is O=C(CN1C(=O)S/C(=C\c2ccccc2OS(=O)(=O)c2ccc3ccccc3c2)C1=O)Nc1ccccc1. The van der Waals surface area contributed by atoms with Crippen molar-refractivity contribution in [1.29, 1.82) is 0 Å². The number of nitrogens with one attached hydrogen (secondary N) is 1. The summed E-state index contributed by atoms with van der Waals surface area (Å²) in [6, 6.07) is 27.0. The molecule has 10 heteroatoms. The summed E-state index contributed by atoms with van der Waals surface area (Å²) in [5, 5.41) is 3.67. The molecule has 0 aromatic heterocycles. The lowest BCUT2D eigenvalue weighted by Crippen LogP contribution is -2.36. The molecule has 1 N–H and O–H groups in total. The summed E-state index contributed by atoms with van der Waals surface area (Å²) < 4.78 is 31.5. The molecule has 1 aliphatic rings. The van der Waals surface area contributed by atoms with Gasteiger partial charge in [-0.25, -0.2) is 0 Å². The molecule has 190 valence electrons. The first-order valence-corrected chi connectivity index (χ1v) is 13.7. The van der Waals surface area contributed by atoms with E-state index in [1.165, 1.54) is 24.3 Å². The van der Waals surface area contributed by atoms with Gasteiger partial charge in [0.15, 0.2) is 0 Å². The second-order valence-corrected chi connectivity index (χ2v) is 10.8. The standard InChI is InChI=1S/C28H20N2O6S2/c31-26(29-22-11-2-1-3-12-22)18-30-27(32)25(37-28(30)33)17-21-10-6-7-13-24(21)36-38(34,35)23-15-14-19-8-4-5-9-20(19)16-23/h1-17H,18H2,(H,29,31)/b25-17-. The minimum absolute atomic E-state index is 0.00530. The van der Waals surface area contributed by atoms with Crippen molar-refractivity contribution in [3.05, 3.63) is 108 Å². The number of amides is 3. The summed E-state index contributed by atoms with van der Waals surface area (Å²) in [6.45, 7) is -0.453. The van der Waals surface area contributed by atoms with Crippen molar-refractivity contribution in [2.45, 2.75) is 4.90 Å². The molecule has 4 aromatic rings. The van der Waals surface area contributed by atoms with Gasteiger partial charge >= 0.3 is 10.1 Å².